The van der Waals surface area contributed by atoms with Crippen molar-refractivity contribution in [2.75, 3.05) is 0 Å². The van der Waals surface area contributed by atoms with Gasteiger partial charge in [-0.1, -0.05) is 24.4 Å². The number of rotatable bonds is 3. The second kappa shape index (κ2) is 5.02. The Kier molecular flexibility index (Phi) is 3.64. The first-order valence-electron chi connectivity index (χ1n) is 5.79. The van der Waals surface area contributed by atoms with Gasteiger partial charge in [0.15, 0.2) is 0 Å². The van der Waals surface area contributed by atoms with Gasteiger partial charge in [-0.15, -0.1) is 0 Å². The van der Waals surface area contributed by atoms with Gasteiger partial charge in [-0.05, 0) is 30.4 Å². The lowest BCUT2D eigenvalue weighted by Gasteiger charge is -2.20. The van der Waals surface area contributed by atoms with Crippen LogP contribution in [0.15, 0.2) is 18.2 Å². The Hall–Kier alpha value is -1.13. The molecule has 0 amide bonds. The molecular weight excluding hydrogens is 240 g/mol. The maximum Gasteiger partial charge on any atom is 0.269 e. The summed E-state index contributed by atoms with van der Waals surface area (Å²) in [5.41, 5.74) is 6.92. The van der Waals surface area contributed by atoms with Gasteiger partial charge in [-0.2, -0.15) is 0 Å². The Balaban J connectivity index is 2.29. The van der Waals surface area contributed by atoms with E-state index in [1.165, 1.54) is 25.0 Å². The molecule has 0 unspecified atom stereocenters. The molecule has 0 bridgehead atoms. The molecule has 2 N–H and O–H groups in total. The quantitative estimate of drug-likeness (QED) is 0.664. The van der Waals surface area contributed by atoms with E-state index in [0.717, 1.165) is 12.8 Å². The summed E-state index contributed by atoms with van der Waals surface area (Å²) >= 11 is 6.07. The Labute approximate surface area is 105 Å². The van der Waals surface area contributed by atoms with Crippen LogP contribution in [0.4, 0.5) is 5.69 Å². The summed E-state index contributed by atoms with van der Waals surface area (Å²) in [6.45, 7) is 0. The molecule has 0 heterocycles. The predicted octanol–water partition coefficient (Wildman–Crippen LogP) is 3.44. The molecule has 0 saturated heterocycles. The van der Waals surface area contributed by atoms with Crippen molar-refractivity contribution in [3.05, 3.63) is 38.9 Å². The highest BCUT2D eigenvalue weighted by Gasteiger charge is 2.26. The largest absolute Gasteiger partial charge is 0.324 e. The summed E-state index contributed by atoms with van der Waals surface area (Å²) in [5.74, 6) is 0.398. The Morgan fingerprint density at radius 1 is 1.41 bits per heavy atom. The van der Waals surface area contributed by atoms with Crippen molar-refractivity contribution >= 4 is 17.3 Å². The third kappa shape index (κ3) is 2.58. The number of hydrogen-bond acceptors (Lipinski definition) is 3. The first-order valence-corrected chi connectivity index (χ1v) is 6.17. The molecule has 1 fully saturated rings. The molecule has 2 rings (SSSR count). The zero-order valence-electron chi connectivity index (χ0n) is 9.43. The maximum absolute atomic E-state index is 10.7. The number of benzene rings is 1. The molecular formula is C12H15ClN2O2. The van der Waals surface area contributed by atoms with Crippen molar-refractivity contribution in [3.63, 3.8) is 0 Å². The van der Waals surface area contributed by atoms with Gasteiger partial charge >= 0.3 is 0 Å². The number of non-ortho nitro benzene ring substituents is 1. The Morgan fingerprint density at radius 3 is 2.65 bits per heavy atom. The fourth-order valence-corrected chi connectivity index (χ4v) is 2.71. The van der Waals surface area contributed by atoms with Crippen molar-refractivity contribution in [2.45, 2.75) is 31.7 Å². The van der Waals surface area contributed by atoms with Crippen molar-refractivity contribution in [1.29, 1.82) is 0 Å². The second-order valence-electron chi connectivity index (χ2n) is 4.53. The summed E-state index contributed by atoms with van der Waals surface area (Å²) in [7, 11) is 0. The first-order chi connectivity index (χ1) is 8.09. The summed E-state index contributed by atoms with van der Waals surface area (Å²) in [6, 6.07) is 4.28. The van der Waals surface area contributed by atoms with Crippen LogP contribution in [0.25, 0.3) is 0 Å². The summed E-state index contributed by atoms with van der Waals surface area (Å²) in [6.07, 6.45) is 4.54. The molecule has 1 saturated carbocycles. The van der Waals surface area contributed by atoms with Crippen LogP contribution in [0.5, 0.6) is 0 Å². The molecule has 0 aromatic heterocycles. The number of nitro groups is 1. The molecule has 5 heteroatoms. The number of halogens is 1. The monoisotopic (exact) mass is 254 g/mol. The highest BCUT2D eigenvalue weighted by atomic mass is 35.5. The summed E-state index contributed by atoms with van der Waals surface area (Å²) in [4.78, 5) is 10.3. The van der Waals surface area contributed by atoms with Crippen LogP contribution in [0.1, 0.15) is 37.3 Å². The van der Waals surface area contributed by atoms with Gasteiger partial charge in [-0.3, -0.25) is 10.1 Å². The zero-order valence-corrected chi connectivity index (χ0v) is 10.2. The molecule has 0 spiro atoms. The van der Waals surface area contributed by atoms with Gasteiger partial charge in [0, 0.05) is 23.2 Å². The van der Waals surface area contributed by atoms with E-state index in [2.05, 4.69) is 0 Å². The highest BCUT2D eigenvalue weighted by molar-refractivity contribution is 6.31. The smallest absolute Gasteiger partial charge is 0.269 e. The molecule has 1 aliphatic carbocycles. The molecule has 1 atom stereocenters. The van der Waals surface area contributed by atoms with Gasteiger partial charge in [0.2, 0.25) is 0 Å². The highest BCUT2D eigenvalue weighted by Crippen LogP contribution is 2.37. The molecule has 1 aromatic rings. The fraction of sp³-hybridized carbons (Fsp3) is 0.500. The predicted molar refractivity (Wildman–Crippen MR) is 67.0 cm³/mol. The minimum absolute atomic E-state index is 0.0536. The van der Waals surface area contributed by atoms with E-state index in [0.29, 0.717) is 16.5 Å². The van der Waals surface area contributed by atoms with E-state index in [9.17, 15) is 10.1 Å². The third-order valence-corrected chi connectivity index (χ3v) is 3.80. The van der Waals surface area contributed by atoms with E-state index in [1.807, 2.05) is 0 Å². The zero-order chi connectivity index (χ0) is 12.4. The molecule has 1 aliphatic rings. The third-order valence-electron chi connectivity index (χ3n) is 3.46. The van der Waals surface area contributed by atoms with Crippen LogP contribution in [0, 0.1) is 16.0 Å². The van der Waals surface area contributed by atoms with Crippen LogP contribution in [-0.4, -0.2) is 4.92 Å². The SMILES string of the molecule is N[C@H](c1cc([N+](=O)[O-])ccc1Cl)C1CCCC1. The average Bonchev–Trinajstić information content (AvgIpc) is 2.81. The van der Waals surface area contributed by atoms with E-state index in [-0.39, 0.29) is 11.7 Å². The van der Waals surface area contributed by atoms with Crippen LogP contribution < -0.4 is 5.73 Å². The minimum atomic E-state index is -0.415. The van der Waals surface area contributed by atoms with Crippen molar-refractivity contribution in [3.8, 4) is 0 Å². The topological polar surface area (TPSA) is 69.2 Å². The Bertz CT molecular complexity index is 431. The van der Waals surface area contributed by atoms with Crippen LogP contribution in [0.2, 0.25) is 5.02 Å². The van der Waals surface area contributed by atoms with Gasteiger partial charge in [0.1, 0.15) is 0 Å². The lowest BCUT2D eigenvalue weighted by atomic mass is 9.92. The number of nitrogens with zero attached hydrogens (tertiary/aromatic N) is 1. The average molecular weight is 255 g/mol. The second-order valence-corrected chi connectivity index (χ2v) is 4.94. The van der Waals surface area contributed by atoms with E-state index < -0.39 is 4.92 Å². The maximum atomic E-state index is 10.7. The van der Waals surface area contributed by atoms with E-state index in [4.69, 9.17) is 17.3 Å². The van der Waals surface area contributed by atoms with Crippen LogP contribution in [0.3, 0.4) is 0 Å². The van der Waals surface area contributed by atoms with Gasteiger partial charge in [-0.25, -0.2) is 0 Å². The van der Waals surface area contributed by atoms with E-state index >= 15 is 0 Å². The van der Waals surface area contributed by atoms with Gasteiger partial charge in [0.05, 0.1) is 4.92 Å². The van der Waals surface area contributed by atoms with Crippen molar-refractivity contribution < 1.29 is 4.92 Å². The Morgan fingerprint density at radius 2 is 2.06 bits per heavy atom. The first kappa shape index (κ1) is 12.3. The normalized spacial score (nSPS) is 18.2. The number of hydrogen-bond donors (Lipinski definition) is 1. The van der Waals surface area contributed by atoms with Crippen LogP contribution in [-0.2, 0) is 0 Å². The minimum Gasteiger partial charge on any atom is -0.324 e. The molecule has 17 heavy (non-hydrogen) atoms. The lowest BCUT2D eigenvalue weighted by Crippen LogP contribution is -2.19. The van der Waals surface area contributed by atoms with Gasteiger partial charge < -0.3 is 5.73 Å². The summed E-state index contributed by atoms with van der Waals surface area (Å²) < 4.78 is 0. The molecule has 1 aromatic carbocycles. The van der Waals surface area contributed by atoms with E-state index in [1.54, 1.807) is 6.07 Å². The lowest BCUT2D eigenvalue weighted by molar-refractivity contribution is -0.384. The van der Waals surface area contributed by atoms with Crippen molar-refractivity contribution in [1.82, 2.24) is 0 Å². The number of nitro benzene ring substituents is 1. The summed E-state index contributed by atoms with van der Waals surface area (Å²) in [5, 5.41) is 11.3. The molecule has 92 valence electrons. The van der Waals surface area contributed by atoms with Crippen molar-refractivity contribution in [2.24, 2.45) is 11.7 Å². The molecule has 4 nitrogen and oxygen atoms in total. The number of nitrogens with two attached hydrogens (primary N) is 1. The molecule has 0 aliphatic heterocycles. The van der Waals surface area contributed by atoms with Gasteiger partial charge in [0.25, 0.3) is 5.69 Å². The standard InChI is InChI=1S/C12H15ClN2O2/c13-11-6-5-9(15(16)17)7-10(11)12(14)8-3-1-2-4-8/h5-8,12H,1-4,14H2/t12-/m0/s1. The fourth-order valence-electron chi connectivity index (χ4n) is 2.47. The van der Waals surface area contributed by atoms with Crippen LogP contribution >= 0.6 is 11.6 Å². The molecule has 0 radical (unpaired) electrons.